The minimum absolute atomic E-state index is 0. The molecule has 1 aliphatic rings. The molecule has 70 valence electrons. The molecule has 1 unspecified atom stereocenters. The Balaban J connectivity index is 0.00000121. The molecule has 1 heterocycles. The molecule has 0 aromatic rings. The SMILES string of the molecule is CCCC[N+]1(CC)C=CN=C1.[Br-]. The number of aliphatic imine (C=N–C) groups is 1. The Morgan fingerprint density at radius 1 is 1.33 bits per heavy atom. The Morgan fingerprint density at radius 3 is 2.50 bits per heavy atom. The molecule has 0 N–H and O–H groups in total. The lowest BCUT2D eigenvalue weighted by atomic mass is 10.3. The van der Waals surface area contributed by atoms with Gasteiger partial charge in [0.2, 0.25) is 0 Å². The molecule has 0 aliphatic carbocycles. The minimum Gasteiger partial charge on any atom is -1.00 e. The van der Waals surface area contributed by atoms with E-state index in [0.717, 1.165) is 11.0 Å². The molecule has 3 heteroatoms. The fraction of sp³-hybridized carbons (Fsp3) is 0.667. The summed E-state index contributed by atoms with van der Waals surface area (Å²) >= 11 is 0. The number of halogens is 1. The van der Waals surface area contributed by atoms with Gasteiger partial charge in [0.1, 0.15) is 6.20 Å². The average Bonchev–Trinajstić information content (AvgIpc) is 2.50. The summed E-state index contributed by atoms with van der Waals surface area (Å²) in [6.45, 7) is 6.76. The van der Waals surface area contributed by atoms with E-state index in [-0.39, 0.29) is 17.0 Å². The molecule has 1 rings (SSSR count). The molecule has 0 aromatic heterocycles. The van der Waals surface area contributed by atoms with Crippen molar-refractivity contribution >= 4 is 6.34 Å². The molecule has 0 saturated carbocycles. The largest absolute Gasteiger partial charge is 1.00 e. The number of hydrogen-bond acceptors (Lipinski definition) is 1. The van der Waals surface area contributed by atoms with Gasteiger partial charge in [-0.2, -0.15) is 0 Å². The molecule has 1 atom stereocenters. The van der Waals surface area contributed by atoms with E-state index in [1.165, 1.54) is 19.4 Å². The van der Waals surface area contributed by atoms with Gasteiger partial charge in [0.25, 0.3) is 0 Å². The third kappa shape index (κ3) is 2.72. The van der Waals surface area contributed by atoms with E-state index in [0.29, 0.717) is 0 Å². The Morgan fingerprint density at radius 2 is 2.08 bits per heavy atom. The first-order valence-electron chi connectivity index (χ1n) is 4.41. The molecule has 0 amide bonds. The fourth-order valence-electron chi connectivity index (χ4n) is 1.31. The van der Waals surface area contributed by atoms with E-state index < -0.39 is 0 Å². The topological polar surface area (TPSA) is 12.4 Å². The lowest BCUT2D eigenvalue weighted by molar-refractivity contribution is -0.777. The van der Waals surface area contributed by atoms with E-state index >= 15 is 0 Å². The van der Waals surface area contributed by atoms with Crippen LogP contribution in [0.4, 0.5) is 0 Å². The highest BCUT2D eigenvalue weighted by molar-refractivity contribution is 5.50. The van der Waals surface area contributed by atoms with Crippen LogP contribution >= 0.6 is 0 Å². The van der Waals surface area contributed by atoms with Gasteiger partial charge in [0, 0.05) is 0 Å². The molecule has 0 spiro atoms. The highest BCUT2D eigenvalue weighted by Gasteiger charge is 2.21. The van der Waals surface area contributed by atoms with Gasteiger partial charge < -0.3 is 17.0 Å². The van der Waals surface area contributed by atoms with Crippen molar-refractivity contribution in [3.05, 3.63) is 12.4 Å². The van der Waals surface area contributed by atoms with Crippen molar-refractivity contribution in [2.75, 3.05) is 13.1 Å². The summed E-state index contributed by atoms with van der Waals surface area (Å²) in [5.74, 6) is 0. The van der Waals surface area contributed by atoms with Gasteiger partial charge in [-0.25, -0.2) is 4.99 Å². The first-order valence-corrected chi connectivity index (χ1v) is 4.41. The van der Waals surface area contributed by atoms with Crippen molar-refractivity contribution in [1.29, 1.82) is 0 Å². The van der Waals surface area contributed by atoms with Gasteiger partial charge in [0.05, 0.1) is 19.3 Å². The quantitative estimate of drug-likeness (QED) is 0.560. The van der Waals surface area contributed by atoms with E-state index in [1.807, 2.05) is 12.5 Å². The summed E-state index contributed by atoms with van der Waals surface area (Å²) in [7, 11) is 0. The van der Waals surface area contributed by atoms with Gasteiger partial charge in [-0.05, 0) is 13.3 Å². The molecular weight excluding hydrogens is 216 g/mol. The lowest BCUT2D eigenvalue weighted by Crippen LogP contribution is -3.00. The molecule has 0 fully saturated rings. The zero-order valence-electron chi connectivity index (χ0n) is 7.83. The van der Waals surface area contributed by atoms with Gasteiger partial charge in [0.15, 0.2) is 6.34 Å². The molecule has 2 nitrogen and oxygen atoms in total. The third-order valence-corrected chi connectivity index (χ3v) is 2.26. The highest BCUT2D eigenvalue weighted by Crippen LogP contribution is 2.11. The van der Waals surface area contributed by atoms with Crippen LogP contribution in [0.15, 0.2) is 17.4 Å². The molecule has 0 radical (unpaired) electrons. The van der Waals surface area contributed by atoms with Crippen LogP contribution < -0.4 is 17.0 Å². The van der Waals surface area contributed by atoms with Crippen LogP contribution in [0, 0.1) is 0 Å². The monoisotopic (exact) mass is 232 g/mol. The van der Waals surface area contributed by atoms with Gasteiger partial charge in [-0.3, -0.25) is 4.48 Å². The van der Waals surface area contributed by atoms with Crippen LogP contribution in [0.1, 0.15) is 26.7 Å². The lowest BCUT2D eigenvalue weighted by Gasteiger charge is -2.25. The maximum absolute atomic E-state index is 4.13. The van der Waals surface area contributed by atoms with Crippen LogP contribution in [0.2, 0.25) is 0 Å². The summed E-state index contributed by atoms with van der Waals surface area (Å²) in [4.78, 5) is 4.13. The molecule has 0 aromatic carbocycles. The normalized spacial score (nSPS) is 25.8. The Kier molecular flexibility index (Phi) is 5.42. The Hall–Kier alpha value is -0.150. The van der Waals surface area contributed by atoms with Crippen molar-refractivity contribution in [3.63, 3.8) is 0 Å². The van der Waals surface area contributed by atoms with Crippen LogP contribution in [-0.2, 0) is 0 Å². The van der Waals surface area contributed by atoms with Crippen LogP contribution in [0.3, 0.4) is 0 Å². The smallest absolute Gasteiger partial charge is 0.194 e. The number of hydrogen-bond donors (Lipinski definition) is 0. The average molecular weight is 233 g/mol. The minimum atomic E-state index is 0. The van der Waals surface area contributed by atoms with Gasteiger partial charge in [-0.1, -0.05) is 13.3 Å². The van der Waals surface area contributed by atoms with Crippen molar-refractivity contribution in [2.45, 2.75) is 26.7 Å². The molecule has 12 heavy (non-hydrogen) atoms. The van der Waals surface area contributed by atoms with Crippen molar-refractivity contribution < 1.29 is 21.5 Å². The van der Waals surface area contributed by atoms with Crippen LogP contribution in [-0.4, -0.2) is 23.9 Å². The second kappa shape index (κ2) is 5.49. The van der Waals surface area contributed by atoms with E-state index in [2.05, 4.69) is 25.0 Å². The van der Waals surface area contributed by atoms with Crippen LogP contribution in [0.25, 0.3) is 0 Å². The Bertz CT molecular complexity index is 163. The molecule has 1 aliphatic heterocycles. The second-order valence-electron chi connectivity index (χ2n) is 3.06. The summed E-state index contributed by atoms with van der Waals surface area (Å²) in [5, 5.41) is 0. The number of unbranched alkanes of at least 4 members (excludes halogenated alkanes) is 1. The molecular formula is C9H17BrN2. The van der Waals surface area contributed by atoms with Crippen molar-refractivity contribution in [3.8, 4) is 0 Å². The molecule has 0 saturated heterocycles. The van der Waals surface area contributed by atoms with E-state index in [4.69, 9.17) is 0 Å². The zero-order valence-corrected chi connectivity index (χ0v) is 9.42. The Labute approximate surface area is 85.3 Å². The van der Waals surface area contributed by atoms with Gasteiger partial charge >= 0.3 is 0 Å². The van der Waals surface area contributed by atoms with E-state index in [9.17, 15) is 0 Å². The third-order valence-electron chi connectivity index (χ3n) is 2.26. The predicted molar refractivity (Wildman–Crippen MR) is 48.2 cm³/mol. The summed E-state index contributed by atoms with van der Waals surface area (Å²) < 4.78 is 0.952. The maximum Gasteiger partial charge on any atom is 0.194 e. The molecule has 0 bridgehead atoms. The van der Waals surface area contributed by atoms with Gasteiger partial charge in [-0.15, -0.1) is 0 Å². The maximum atomic E-state index is 4.13. The van der Waals surface area contributed by atoms with E-state index in [1.54, 1.807) is 0 Å². The highest BCUT2D eigenvalue weighted by atomic mass is 79.9. The summed E-state index contributed by atoms with van der Waals surface area (Å²) in [6, 6.07) is 0. The van der Waals surface area contributed by atoms with Crippen molar-refractivity contribution in [2.24, 2.45) is 4.99 Å². The van der Waals surface area contributed by atoms with Crippen molar-refractivity contribution in [1.82, 2.24) is 0 Å². The first kappa shape index (κ1) is 11.8. The summed E-state index contributed by atoms with van der Waals surface area (Å²) in [6.07, 6.45) is 8.66. The standard InChI is InChI=1S/C9H17N2.BrH/c1-3-5-7-11(4-2)8-6-10-9-11;/h6,8-9H,3-5,7H2,1-2H3;1H/q+1;/p-1. The number of nitrogens with zero attached hydrogens (tertiary/aromatic N) is 2. The first-order chi connectivity index (χ1) is 5.33. The number of quaternary nitrogens is 1. The predicted octanol–water partition coefficient (Wildman–Crippen LogP) is -0.860. The zero-order chi connectivity index (χ0) is 8.16. The summed E-state index contributed by atoms with van der Waals surface area (Å²) in [5.41, 5.74) is 0. The van der Waals surface area contributed by atoms with Crippen LogP contribution in [0.5, 0.6) is 0 Å². The number of rotatable bonds is 4. The second-order valence-corrected chi connectivity index (χ2v) is 3.06. The fourth-order valence-corrected chi connectivity index (χ4v) is 1.31.